The number of benzene rings is 3. The van der Waals surface area contributed by atoms with Crippen LogP contribution in [-0.4, -0.2) is 23.2 Å². The highest BCUT2D eigenvalue weighted by Gasteiger charge is 2.35. The summed E-state index contributed by atoms with van der Waals surface area (Å²) in [6.45, 7) is 0.230. The SMILES string of the molecule is COc1cc(/C=C2/SC(=O)N(Cc3ccc(F)cc3)C2=O)ccc1OCc1cccc(F)c1. The molecule has 0 unspecified atom stereocenters. The van der Waals surface area contributed by atoms with Crippen LogP contribution in [0.15, 0.2) is 71.6 Å². The number of carbonyl (C=O) groups excluding carboxylic acids is 2. The molecule has 2 amide bonds. The van der Waals surface area contributed by atoms with Crippen LogP contribution >= 0.6 is 11.8 Å². The second-order valence-corrected chi connectivity index (χ2v) is 8.22. The Kier molecular flexibility index (Phi) is 6.74. The molecule has 33 heavy (non-hydrogen) atoms. The molecule has 1 heterocycles. The Hall–Kier alpha value is -3.65. The van der Waals surface area contributed by atoms with E-state index < -0.39 is 11.1 Å². The molecule has 0 aromatic heterocycles. The molecule has 1 saturated heterocycles. The van der Waals surface area contributed by atoms with Gasteiger partial charge in [0.25, 0.3) is 11.1 Å². The molecule has 0 spiro atoms. The average Bonchev–Trinajstić information content (AvgIpc) is 3.06. The van der Waals surface area contributed by atoms with Crippen LogP contribution in [0.1, 0.15) is 16.7 Å². The first-order valence-corrected chi connectivity index (χ1v) is 10.8. The van der Waals surface area contributed by atoms with Crippen molar-refractivity contribution in [1.82, 2.24) is 4.90 Å². The van der Waals surface area contributed by atoms with E-state index in [-0.39, 0.29) is 29.7 Å². The van der Waals surface area contributed by atoms with Gasteiger partial charge in [-0.3, -0.25) is 14.5 Å². The first-order valence-electron chi connectivity index (χ1n) is 9.98. The summed E-state index contributed by atoms with van der Waals surface area (Å²) in [5.74, 6) is -0.245. The summed E-state index contributed by atoms with van der Waals surface area (Å²) in [5.41, 5.74) is 1.98. The van der Waals surface area contributed by atoms with Gasteiger partial charge >= 0.3 is 0 Å². The van der Waals surface area contributed by atoms with Gasteiger partial charge in [-0.05, 0) is 70.9 Å². The number of halogens is 2. The predicted molar refractivity (Wildman–Crippen MR) is 122 cm³/mol. The van der Waals surface area contributed by atoms with Gasteiger partial charge in [0.15, 0.2) is 11.5 Å². The summed E-state index contributed by atoms with van der Waals surface area (Å²) in [6.07, 6.45) is 1.61. The van der Waals surface area contributed by atoms with Crippen LogP contribution in [0.5, 0.6) is 11.5 Å². The third-order valence-corrected chi connectivity index (χ3v) is 5.80. The smallest absolute Gasteiger partial charge is 0.293 e. The van der Waals surface area contributed by atoms with Crippen molar-refractivity contribution in [3.8, 4) is 11.5 Å². The molecule has 5 nitrogen and oxygen atoms in total. The van der Waals surface area contributed by atoms with Gasteiger partial charge in [-0.25, -0.2) is 8.78 Å². The first kappa shape index (κ1) is 22.5. The molecule has 4 rings (SSSR count). The van der Waals surface area contributed by atoms with E-state index in [0.29, 0.717) is 28.2 Å². The summed E-state index contributed by atoms with van der Waals surface area (Å²) in [5, 5.41) is -0.391. The molecule has 0 N–H and O–H groups in total. The number of hydrogen-bond acceptors (Lipinski definition) is 5. The normalized spacial score (nSPS) is 14.8. The van der Waals surface area contributed by atoms with E-state index in [9.17, 15) is 18.4 Å². The molecule has 0 bridgehead atoms. The number of methoxy groups -OCH3 is 1. The van der Waals surface area contributed by atoms with Gasteiger partial charge < -0.3 is 9.47 Å². The number of hydrogen-bond donors (Lipinski definition) is 0. The second-order valence-electron chi connectivity index (χ2n) is 7.22. The quantitative estimate of drug-likeness (QED) is 0.412. The summed E-state index contributed by atoms with van der Waals surface area (Å²) >= 11 is 0.842. The largest absolute Gasteiger partial charge is 0.493 e. The van der Waals surface area contributed by atoms with Crippen molar-refractivity contribution in [2.45, 2.75) is 13.2 Å². The lowest BCUT2D eigenvalue weighted by molar-refractivity contribution is -0.123. The third kappa shape index (κ3) is 5.40. The van der Waals surface area contributed by atoms with E-state index in [1.165, 1.54) is 43.5 Å². The highest BCUT2D eigenvalue weighted by molar-refractivity contribution is 8.18. The van der Waals surface area contributed by atoms with Crippen LogP contribution in [0.4, 0.5) is 13.6 Å². The maximum absolute atomic E-state index is 13.4. The molecule has 8 heteroatoms. The van der Waals surface area contributed by atoms with Crippen molar-refractivity contribution < 1.29 is 27.8 Å². The summed E-state index contributed by atoms with van der Waals surface area (Å²) in [7, 11) is 1.49. The maximum atomic E-state index is 13.4. The van der Waals surface area contributed by atoms with Crippen molar-refractivity contribution in [2.75, 3.05) is 7.11 Å². The fourth-order valence-corrected chi connectivity index (χ4v) is 4.08. The number of amides is 2. The van der Waals surface area contributed by atoms with Crippen molar-refractivity contribution >= 4 is 29.0 Å². The lowest BCUT2D eigenvalue weighted by Crippen LogP contribution is -2.27. The molecule has 168 valence electrons. The van der Waals surface area contributed by atoms with Gasteiger partial charge in [0.05, 0.1) is 18.6 Å². The fourth-order valence-electron chi connectivity index (χ4n) is 3.24. The second kappa shape index (κ2) is 9.87. The number of thioether (sulfide) groups is 1. The minimum Gasteiger partial charge on any atom is -0.493 e. The number of carbonyl (C=O) groups is 2. The molecule has 0 aliphatic carbocycles. The van der Waals surface area contributed by atoms with E-state index in [0.717, 1.165) is 16.7 Å². The zero-order valence-electron chi connectivity index (χ0n) is 17.6. The molecule has 0 radical (unpaired) electrons. The Bertz CT molecular complexity index is 1230. The summed E-state index contributed by atoms with van der Waals surface area (Å²) in [6, 6.07) is 16.9. The van der Waals surface area contributed by atoms with Gasteiger partial charge in [0.2, 0.25) is 0 Å². The molecule has 0 saturated carbocycles. The van der Waals surface area contributed by atoms with E-state index in [2.05, 4.69) is 0 Å². The van der Waals surface area contributed by atoms with Crippen molar-refractivity contribution in [1.29, 1.82) is 0 Å². The standard InChI is InChI=1S/C25H19F2NO4S/c1-31-22-12-17(7-10-21(22)32-15-18-3-2-4-20(27)11-18)13-23-24(29)28(25(30)33-23)14-16-5-8-19(26)9-6-16/h2-13H,14-15H2,1H3/b23-13+. The van der Waals surface area contributed by atoms with Crippen LogP contribution in [0.2, 0.25) is 0 Å². The van der Waals surface area contributed by atoms with Gasteiger partial charge in [0.1, 0.15) is 18.2 Å². The maximum Gasteiger partial charge on any atom is 0.293 e. The minimum absolute atomic E-state index is 0.0679. The highest BCUT2D eigenvalue weighted by atomic mass is 32.2. The molecule has 3 aromatic rings. The predicted octanol–water partition coefficient (Wildman–Crippen LogP) is 5.79. The monoisotopic (exact) mass is 467 g/mol. The van der Waals surface area contributed by atoms with Gasteiger partial charge in [0, 0.05) is 0 Å². The number of rotatable bonds is 7. The third-order valence-electron chi connectivity index (χ3n) is 4.90. The Morgan fingerprint density at radius 2 is 1.70 bits per heavy atom. The van der Waals surface area contributed by atoms with Gasteiger partial charge in [-0.1, -0.05) is 30.3 Å². The Labute approximate surface area is 193 Å². The number of imide groups is 1. The van der Waals surface area contributed by atoms with Crippen LogP contribution < -0.4 is 9.47 Å². The van der Waals surface area contributed by atoms with Crippen LogP contribution in [0.25, 0.3) is 6.08 Å². The van der Waals surface area contributed by atoms with Crippen LogP contribution in [-0.2, 0) is 17.9 Å². The topological polar surface area (TPSA) is 55.8 Å². The summed E-state index contributed by atoms with van der Waals surface area (Å²) in [4.78, 5) is 26.5. The lowest BCUT2D eigenvalue weighted by atomic mass is 10.1. The number of nitrogens with zero attached hydrogens (tertiary/aromatic N) is 1. The number of ether oxygens (including phenoxy) is 2. The molecule has 1 aliphatic rings. The van der Waals surface area contributed by atoms with Crippen LogP contribution in [0.3, 0.4) is 0 Å². The van der Waals surface area contributed by atoms with Gasteiger partial charge in [-0.2, -0.15) is 0 Å². The Balaban J connectivity index is 1.48. The van der Waals surface area contributed by atoms with Gasteiger partial charge in [-0.15, -0.1) is 0 Å². The Morgan fingerprint density at radius 1 is 0.909 bits per heavy atom. The average molecular weight is 467 g/mol. The molecule has 0 atom stereocenters. The van der Waals surface area contributed by atoms with Crippen molar-refractivity contribution in [2.24, 2.45) is 0 Å². The Morgan fingerprint density at radius 3 is 2.42 bits per heavy atom. The summed E-state index contributed by atoms with van der Waals surface area (Å²) < 4.78 is 37.6. The molecule has 1 aliphatic heterocycles. The first-order chi connectivity index (χ1) is 15.9. The van der Waals surface area contributed by atoms with E-state index in [1.54, 1.807) is 36.4 Å². The van der Waals surface area contributed by atoms with Crippen molar-refractivity contribution in [3.63, 3.8) is 0 Å². The van der Waals surface area contributed by atoms with Crippen LogP contribution in [0, 0.1) is 11.6 Å². The van der Waals surface area contributed by atoms with Crippen molar-refractivity contribution in [3.05, 3.63) is 100.0 Å². The zero-order chi connectivity index (χ0) is 23.4. The molecular weight excluding hydrogens is 448 g/mol. The molecule has 3 aromatic carbocycles. The minimum atomic E-state index is -0.417. The van der Waals surface area contributed by atoms with E-state index in [1.807, 2.05) is 0 Å². The van der Waals surface area contributed by atoms with E-state index in [4.69, 9.17) is 9.47 Å². The van der Waals surface area contributed by atoms with E-state index >= 15 is 0 Å². The molecule has 1 fully saturated rings. The lowest BCUT2D eigenvalue weighted by Gasteiger charge is -2.12. The molecular formula is C25H19F2NO4S. The zero-order valence-corrected chi connectivity index (χ0v) is 18.4. The highest BCUT2D eigenvalue weighted by Crippen LogP contribution is 2.35. The fraction of sp³-hybridized carbons (Fsp3) is 0.120.